The van der Waals surface area contributed by atoms with Crippen LogP contribution in [0.1, 0.15) is 5.89 Å². The van der Waals surface area contributed by atoms with Crippen LogP contribution in [0.15, 0.2) is 52.2 Å². The second-order valence-electron chi connectivity index (χ2n) is 4.59. The molecule has 0 fully saturated rings. The minimum absolute atomic E-state index is 0.135. The molecular weight excluding hydrogens is 286 g/mol. The first-order valence-corrected chi connectivity index (χ1v) is 6.60. The van der Waals surface area contributed by atoms with Gasteiger partial charge in [-0.05, 0) is 18.2 Å². The second kappa shape index (κ2) is 6.08. The van der Waals surface area contributed by atoms with Crippen LogP contribution in [0.3, 0.4) is 0 Å². The number of aromatic amines is 1. The van der Waals surface area contributed by atoms with Crippen molar-refractivity contribution in [2.45, 2.75) is 13.1 Å². The SMILES string of the molecule is O=C(Cn1cccc1)NCc1nc(-c2cc[nH]c(=O)c2)no1. The van der Waals surface area contributed by atoms with Crippen molar-refractivity contribution >= 4 is 5.91 Å². The summed E-state index contributed by atoms with van der Waals surface area (Å²) in [5, 5.41) is 6.48. The van der Waals surface area contributed by atoms with Gasteiger partial charge in [-0.2, -0.15) is 4.98 Å². The van der Waals surface area contributed by atoms with Gasteiger partial charge in [-0.15, -0.1) is 0 Å². The summed E-state index contributed by atoms with van der Waals surface area (Å²) in [6, 6.07) is 6.73. The van der Waals surface area contributed by atoms with Crippen LogP contribution in [0.5, 0.6) is 0 Å². The highest BCUT2D eigenvalue weighted by molar-refractivity contribution is 5.75. The van der Waals surface area contributed by atoms with Crippen molar-refractivity contribution in [3.05, 3.63) is 59.1 Å². The maximum Gasteiger partial charge on any atom is 0.248 e. The second-order valence-corrected chi connectivity index (χ2v) is 4.59. The normalized spacial score (nSPS) is 10.5. The number of hydrogen-bond donors (Lipinski definition) is 2. The van der Waals surface area contributed by atoms with Gasteiger partial charge < -0.3 is 19.4 Å². The third kappa shape index (κ3) is 3.29. The van der Waals surface area contributed by atoms with E-state index in [1.807, 2.05) is 12.1 Å². The van der Waals surface area contributed by atoms with Crippen LogP contribution in [0, 0.1) is 0 Å². The van der Waals surface area contributed by atoms with Crippen molar-refractivity contribution in [1.29, 1.82) is 0 Å². The fourth-order valence-electron chi connectivity index (χ4n) is 1.90. The highest BCUT2D eigenvalue weighted by atomic mass is 16.5. The van der Waals surface area contributed by atoms with E-state index in [2.05, 4.69) is 20.4 Å². The Morgan fingerprint density at radius 3 is 2.95 bits per heavy atom. The molecule has 0 aliphatic heterocycles. The van der Waals surface area contributed by atoms with E-state index < -0.39 is 0 Å². The molecule has 3 rings (SSSR count). The van der Waals surface area contributed by atoms with Crippen LogP contribution in [0.4, 0.5) is 0 Å². The Kier molecular flexibility index (Phi) is 3.82. The molecule has 0 aliphatic rings. The highest BCUT2D eigenvalue weighted by Gasteiger charge is 2.10. The van der Waals surface area contributed by atoms with Gasteiger partial charge in [0.25, 0.3) is 0 Å². The van der Waals surface area contributed by atoms with Crippen LogP contribution in [0.25, 0.3) is 11.4 Å². The zero-order valence-corrected chi connectivity index (χ0v) is 11.5. The molecule has 0 radical (unpaired) electrons. The fraction of sp³-hybridized carbons (Fsp3) is 0.143. The molecule has 3 heterocycles. The molecule has 0 unspecified atom stereocenters. The van der Waals surface area contributed by atoms with Crippen LogP contribution in [-0.2, 0) is 17.9 Å². The van der Waals surface area contributed by atoms with Gasteiger partial charge in [-0.25, -0.2) is 0 Å². The van der Waals surface area contributed by atoms with Gasteiger partial charge in [0.2, 0.25) is 23.2 Å². The van der Waals surface area contributed by atoms with E-state index in [9.17, 15) is 9.59 Å². The fourth-order valence-corrected chi connectivity index (χ4v) is 1.90. The van der Waals surface area contributed by atoms with Crippen molar-refractivity contribution in [2.24, 2.45) is 0 Å². The zero-order chi connectivity index (χ0) is 15.4. The van der Waals surface area contributed by atoms with Gasteiger partial charge in [0.1, 0.15) is 6.54 Å². The topological polar surface area (TPSA) is 106 Å². The monoisotopic (exact) mass is 299 g/mol. The number of hydrogen-bond acceptors (Lipinski definition) is 5. The largest absolute Gasteiger partial charge is 0.345 e. The molecule has 1 amide bonds. The summed E-state index contributed by atoms with van der Waals surface area (Å²) >= 11 is 0. The van der Waals surface area contributed by atoms with Gasteiger partial charge in [0.15, 0.2) is 0 Å². The number of pyridine rings is 1. The molecule has 8 nitrogen and oxygen atoms in total. The average Bonchev–Trinajstić information content (AvgIpc) is 3.16. The summed E-state index contributed by atoms with van der Waals surface area (Å²) in [6.45, 7) is 0.359. The lowest BCUT2D eigenvalue weighted by Crippen LogP contribution is -2.26. The van der Waals surface area contributed by atoms with Crippen molar-refractivity contribution in [2.75, 3.05) is 0 Å². The first-order chi connectivity index (χ1) is 10.7. The first-order valence-electron chi connectivity index (χ1n) is 6.60. The summed E-state index contributed by atoms with van der Waals surface area (Å²) in [4.78, 5) is 29.6. The number of nitrogens with zero attached hydrogens (tertiary/aromatic N) is 3. The molecule has 0 bridgehead atoms. The molecule has 0 aromatic carbocycles. The van der Waals surface area contributed by atoms with E-state index in [0.717, 1.165) is 0 Å². The van der Waals surface area contributed by atoms with Gasteiger partial charge >= 0.3 is 0 Å². The zero-order valence-electron chi connectivity index (χ0n) is 11.5. The minimum atomic E-state index is -0.246. The number of H-pyrrole nitrogens is 1. The number of nitrogens with one attached hydrogen (secondary N) is 2. The number of carbonyl (C=O) groups is 1. The van der Waals surface area contributed by atoms with Crippen molar-refractivity contribution < 1.29 is 9.32 Å². The third-order valence-electron chi connectivity index (χ3n) is 2.93. The summed E-state index contributed by atoms with van der Waals surface area (Å²) in [7, 11) is 0. The average molecular weight is 299 g/mol. The summed E-state index contributed by atoms with van der Waals surface area (Å²) < 4.78 is 6.80. The predicted molar refractivity (Wildman–Crippen MR) is 76.6 cm³/mol. The lowest BCUT2D eigenvalue weighted by atomic mass is 10.2. The van der Waals surface area contributed by atoms with Crippen LogP contribution < -0.4 is 10.9 Å². The Balaban J connectivity index is 1.60. The third-order valence-corrected chi connectivity index (χ3v) is 2.93. The van der Waals surface area contributed by atoms with Gasteiger partial charge in [0, 0.05) is 30.2 Å². The van der Waals surface area contributed by atoms with Crippen LogP contribution in [0.2, 0.25) is 0 Å². The van der Waals surface area contributed by atoms with Crippen LogP contribution >= 0.6 is 0 Å². The maximum atomic E-state index is 11.7. The number of aromatic nitrogens is 4. The Bertz CT molecular complexity index is 819. The van der Waals surface area contributed by atoms with E-state index in [1.165, 1.54) is 12.3 Å². The molecule has 0 aliphatic carbocycles. The molecular formula is C14H13N5O3. The maximum absolute atomic E-state index is 11.7. The molecule has 3 aromatic rings. The summed E-state index contributed by atoms with van der Waals surface area (Å²) in [6.07, 6.45) is 5.11. The minimum Gasteiger partial charge on any atom is -0.345 e. The number of rotatable bonds is 5. The molecule has 2 N–H and O–H groups in total. The van der Waals surface area contributed by atoms with E-state index in [-0.39, 0.29) is 30.4 Å². The van der Waals surface area contributed by atoms with Crippen molar-refractivity contribution in [3.8, 4) is 11.4 Å². The summed E-state index contributed by atoms with van der Waals surface area (Å²) in [5.74, 6) is 0.420. The number of amides is 1. The molecule has 112 valence electrons. The molecule has 0 spiro atoms. The van der Waals surface area contributed by atoms with Crippen molar-refractivity contribution in [3.63, 3.8) is 0 Å². The van der Waals surface area contributed by atoms with Gasteiger partial charge in [-0.1, -0.05) is 5.16 Å². The molecule has 0 saturated carbocycles. The molecule has 8 heteroatoms. The quantitative estimate of drug-likeness (QED) is 0.715. The van der Waals surface area contributed by atoms with E-state index >= 15 is 0 Å². The molecule has 0 saturated heterocycles. The van der Waals surface area contributed by atoms with E-state index in [4.69, 9.17) is 4.52 Å². The lowest BCUT2D eigenvalue weighted by molar-refractivity contribution is -0.121. The van der Waals surface area contributed by atoms with Crippen molar-refractivity contribution in [1.82, 2.24) is 25.0 Å². The Labute approximate surface area is 124 Å². The standard InChI is InChI=1S/C14H13N5O3/c20-11-7-10(3-4-15-11)14-17-13(22-18-14)8-16-12(21)9-19-5-1-2-6-19/h1-7H,8-9H2,(H,15,20)(H,16,21). The molecule has 22 heavy (non-hydrogen) atoms. The summed E-state index contributed by atoms with van der Waals surface area (Å²) in [5.41, 5.74) is 0.307. The Morgan fingerprint density at radius 1 is 1.36 bits per heavy atom. The predicted octanol–water partition coefficient (Wildman–Crippen LogP) is 0.543. The number of carbonyl (C=O) groups excluding carboxylic acids is 1. The van der Waals surface area contributed by atoms with Crippen LogP contribution in [-0.4, -0.2) is 25.6 Å². The highest BCUT2D eigenvalue weighted by Crippen LogP contribution is 2.12. The van der Waals surface area contributed by atoms with Gasteiger partial charge in [0.05, 0.1) is 6.54 Å². The molecule has 0 atom stereocenters. The molecule has 3 aromatic heterocycles. The van der Waals surface area contributed by atoms with E-state index in [1.54, 1.807) is 23.0 Å². The Morgan fingerprint density at radius 2 is 2.18 bits per heavy atom. The van der Waals surface area contributed by atoms with Gasteiger partial charge in [-0.3, -0.25) is 9.59 Å². The smallest absolute Gasteiger partial charge is 0.248 e. The van der Waals surface area contributed by atoms with E-state index in [0.29, 0.717) is 11.4 Å². The first kappa shape index (κ1) is 13.8. The lowest BCUT2D eigenvalue weighted by Gasteiger charge is -2.03. The Hall–Kier alpha value is -3.16.